The summed E-state index contributed by atoms with van der Waals surface area (Å²) in [7, 11) is 0. The monoisotopic (exact) mass is 209 g/mol. The van der Waals surface area contributed by atoms with Crippen LogP contribution in [-0.4, -0.2) is 20.7 Å². The van der Waals surface area contributed by atoms with E-state index in [1.807, 2.05) is 0 Å². The van der Waals surface area contributed by atoms with Gasteiger partial charge in [0.2, 0.25) is 5.82 Å². The summed E-state index contributed by atoms with van der Waals surface area (Å²) in [4.78, 5) is 3.19. The summed E-state index contributed by atoms with van der Waals surface area (Å²) in [5.41, 5.74) is 0. The predicted molar refractivity (Wildman–Crippen MR) is 38.1 cm³/mol. The largest absolute Gasteiger partial charge is 0.368 e. The van der Waals surface area contributed by atoms with Crippen LogP contribution in [0.15, 0.2) is 6.33 Å². The molecule has 78 valence electrons. The van der Waals surface area contributed by atoms with Gasteiger partial charge in [0, 0.05) is 13.0 Å². The van der Waals surface area contributed by atoms with Crippen LogP contribution < -0.4 is 0 Å². The van der Waals surface area contributed by atoms with E-state index in [9.17, 15) is 17.6 Å². The van der Waals surface area contributed by atoms with E-state index in [-0.39, 0.29) is 13.0 Å². The van der Waals surface area contributed by atoms with Gasteiger partial charge >= 0.3 is 11.8 Å². The summed E-state index contributed by atoms with van der Waals surface area (Å²) in [5, 5.41) is 3.47. The highest BCUT2D eigenvalue weighted by molar-refractivity contribution is 5.04. The van der Waals surface area contributed by atoms with Crippen molar-refractivity contribution in [1.82, 2.24) is 14.8 Å². The standard InChI is InChI=1S/C7H7F4N3/c8-6(9)2-1-3-14-5(7(6,10)11)12-4-13-14/h4H,1-3H2. The molecule has 0 N–H and O–H groups in total. The Hall–Kier alpha value is -1.14. The van der Waals surface area contributed by atoms with Crippen molar-refractivity contribution in [1.29, 1.82) is 0 Å². The number of hydrogen-bond acceptors (Lipinski definition) is 2. The molecule has 0 unspecified atom stereocenters. The third-order valence-electron chi connectivity index (χ3n) is 2.22. The molecule has 0 saturated carbocycles. The number of fused-ring (bicyclic) bond motifs is 1. The summed E-state index contributed by atoms with van der Waals surface area (Å²) >= 11 is 0. The first-order chi connectivity index (χ1) is 6.45. The van der Waals surface area contributed by atoms with Gasteiger partial charge in [-0.1, -0.05) is 0 Å². The van der Waals surface area contributed by atoms with E-state index >= 15 is 0 Å². The van der Waals surface area contributed by atoms with Crippen LogP contribution in [0.2, 0.25) is 0 Å². The Morgan fingerprint density at radius 1 is 1.29 bits per heavy atom. The van der Waals surface area contributed by atoms with E-state index in [1.165, 1.54) is 0 Å². The van der Waals surface area contributed by atoms with Crippen LogP contribution in [0, 0.1) is 0 Å². The number of alkyl halides is 4. The van der Waals surface area contributed by atoms with Crippen LogP contribution in [0.4, 0.5) is 17.6 Å². The summed E-state index contributed by atoms with van der Waals surface area (Å²) in [6.45, 7) is 0.0561. The van der Waals surface area contributed by atoms with Gasteiger partial charge in [0.05, 0.1) is 0 Å². The molecule has 0 aliphatic carbocycles. The molecular formula is C7H7F4N3. The topological polar surface area (TPSA) is 30.7 Å². The molecule has 1 aliphatic heterocycles. The fraction of sp³-hybridized carbons (Fsp3) is 0.714. The van der Waals surface area contributed by atoms with Gasteiger partial charge < -0.3 is 0 Å². The fourth-order valence-corrected chi connectivity index (χ4v) is 1.44. The van der Waals surface area contributed by atoms with Crippen molar-refractivity contribution >= 4 is 0 Å². The first-order valence-electron chi connectivity index (χ1n) is 4.09. The van der Waals surface area contributed by atoms with Gasteiger partial charge in [-0.15, -0.1) is 0 Å². The maximum atomic E-state index is 13.2. The Balaban J connectivity index is 2.53. The van der Waals surface area contributed by atoms with Crippen molar-refractivity contribution in [2.24, 2.45) is 0 Å². The molecule has 0 bridgehead atoms. The van der Waals surface area contributed by atoms with Gasteiger partial charge in [0.25, 0.3) is 0 Å². The molecule has 0 fully saturated rings. The van der Waals surface area contributed by atoms with E-state index in [2.05, 4.69) is 10.1 Å². The molecule has 7 heteroatoms. The lowest BCUT2D eigenvalue weighted by Crippen LogP contribution is -2.38. The van der Waals surface area contributed by atoms with Crippen molar-refractivity contribution in [3.63, 3.8) is 0 Å². The highest BCUT2D eigenvalue weighted by atomic mass is 19.3. The van der Waals surface area contributed by atoms with Gasteiger partial charge in [-0.05, 0) is 6.42 Å². The molecule has 1 aromatic heterocycles. The Labute approximate surface area is 76.7 Å². The number of rotatable bonds is 0. The van der Waals surface area contributed by atoms with E-state index in [4.69, 9.17) is 0 Å². The van der Waals surface area contributed by atoms with Gasteiger partial charge in [-0.3, -0.25) is 0 Å². The zero-order chi connectivity index (χ0) is 10.4. The Kier molecular flexibility index (Phi) is 1.80. The highest BCUT2D eigenvalue weighted by Gasteiger charge is 2.60. The average molecular weight is 209 g/mol. The second kappa shape index (κ2) is 2.68. The van der Waals surface area contributed by atoms with Crippen molar-refractivity contribution in [2.75, 3.05) is 0 Å². The Bertz CT molecular complexity index is 346. The van der Waals surface area contributed by atoms with Crippen molar-refractivity contribution in [2.45, 2.75) is 31.2 Å². The van der Waals surface area contributed by atoms with Gasteiger partial charge in [0.1, 0.15) is 6.33 Å². The molecule has 0 amide bonds. The van der Waals surface area contributed by atoms with Gasteiger partial charge in [-0.25, -0.2) is 9.67 Å². The molecule has 1 aliphatic rings. The van der Waals surface area contributed by atoms with Crippen molar-refractivity contribution in [3.8, 4) is 0 Å². The third kappa shape index (κ3) is 1.11. The summed E-state index contributed by atoms with van der Waals surface area (Å²) in [6, 6.07) is 0. The first kappa shape index (κ1) is 9.42. The third-order valence-corrected chi connectivity index (χ3v) is 2.22. The molecule has 0 aromatic carbocycles. The van der Waals surface area contributed by atoms with Crippen LogP contribution in [0.3, 0.4) is 0 Å². The molecule has 0 saturated heterocycles. The quantitative estimate of drug-likeness (QED) is 0.610. The summed E-state index contributed by atoms with van der Waals surface area (Å²) in [5.74, 6) is -9.20. The lowest BCUT2D eigenvalue weighted by molar-refractivity contribution is -0.221. The van der Waals surface area contributed by atoms with Crippen LogP contribution >= 0.6 is 0 Å². The smallest absolute Gasteiger partial charge is 0.245 e. The van der Waals surface area contributed by atoms with Crippen LogP contribution in [0.1, 0.15) is 18.7 Å². The first-order valence-corrected chi connectivity index (χ1v) is 4.09. The molecular weight excluding hydrogens is 202 g/mol. The zero-order valence-electron chi connectivity index (χ0n) is 7.05. The molecule has 3 nitrogen and oxygen atoms in total. The number of hydrogen-bond donors (Lipinski definition) is 0. The van der Waals surface area contributed by atoms with Gasteiger partial charge in [-0.2, -0.15) is 22.7 Å². The van der Waals surface area contributed by atoms with Crippen LogP contribution in [0.5, 0.6) is 0 Å². The molecule has 0 radical (unpaired) electrons. The summed E-state index contributed by atoms with van der Waals surface area (Å²) in [6.07, 6.45) is -0.00532. The fourth-order valence-electron chi connectivity index (χ4n) is 1.44. The minimum Gasteiger partial charge on any atom is -0.245 e. The molecule has 0 atom stereocenters. The molecule has 14 heavy (non-hydrogen) atoms. The lowest BCUT2D eigenvalue weighted by Gasteiger charge is -2.22. The number of aryl methyl sites for hydroxylation is 1. The minimum absolute atomic E-state index is 0.0288. The Morgan fingerprint density at radius 2 is 2.00 bits per heavy atom. The SMILES string of the molecule is FC1(F)CCCn2ncnc2C1(F)F. The molecule has 2 rings (SSSR count). The minimum atomic E-state index is -4.22. The lowest BCUT2D eigenvalue weighted by atomic mass is 10.1. The molecule has 1 aromatic rings. The second-order valence-corrected chi connectivity index (χ2v) is 3.19. The maximum absolute atomic E-state index is 13.2. The Morgan fingerprint density at radius 3 is 2.71 bits per heavy atom. The predicted octanol–water partition coefficient (Wildman–Crippen LogP) is 1.80. The highest BCUT2D eigenvalue weighted by Crippen LogP contribution is 2.46. The maximum Gasteiger partial charge on any atom is 0.368 e. The molecule has 2 heterocycles. The van der Waals surface area contributed by atoms with E-state index in [0.29, 0.717) is 0 Å². The van der Waals surface area contributed by atoms with Crippen LogP contribution in [-0.2, 0) is 12.5 Å². The van der Waals surface area contributed by atoms with Crippen molar-refractivity contribution < 1.29 is 17.6 Å². The van der Waals surface area contributed by atoms with Crippen molar-refractivity contribution in [3.05, 3.63) is 12.2 Å². The number of nitrogens with zero attached hydrogens (tertiary/aromatic N) is 3. The van der Waals surface area contributed by atoms with Gasteiger partial charge in [0.15, 0.2) is 0 Å². The molecule has 0 spiro atoms. The summed E-state index contributed by atoms with van der Waals surface area (Å²) < 4.78 is 53.2. The van der Waals surface area contributed by atoms with E-state index in [1.54, 1.807) is 0 Å². The number of aromatic nitrogens is 3. The van der Waals surface area contributed by atoms with E-state index in [0.717, 1.165) is 11.0 Å². The number of halogens is 4. The zero-order valence-corrected chi connectivity index (χ0v) is 7.05. The van der Waals surface area contributed by atoms with Crippen LogP contribution in [0.25, 0.3) is 0 Å². The second-order valence-electron chi connectivity index (χ2n) is 3.19. The normalized spacial score (nSPS) is 24.0. The van der Waals surface area contributed by atoms with E-state index < -0.39 is 24.1 Å². The average Bonchev–Trinajstić information content (AvgIpc) is 2.48.